The molecule has 0 N–H and O–H groups in total. The van der Waals surface area contributed by atoms with Crippen LogP contribution < -0.4 is 0 Å². The smallest absolute Gasteiger partial charge is 0.0599 e. The van der Waals surface area contributed by atoms with E-state index in [0.29, 0.717) is 12.0 Å². The summed E-state index contributed by atoms with van der Waals surface area (Å²) in [6, 6.07) is 0. The molecule has 0 bridgehead atoms. The Morgan fingerprint density at radius 3 is 2.44 bits per heavy atom. The van der Waals surface area contributed by atoms with Gasteiger partial charge < -0.3 is 4.74 Å². The number of rotatable bonds is 1. The van der Waals surface area contributed by atoms with Gasteiger partial charge in [0.05, 0.1) is 6.10 Å². The molecule has 0 aromatic heterocycles. The Balaban J connectivity index is 2.30. The number of hydrogen-bond donors (Lipinski definition) is 0. The summed E-state index contributed by atoms with van der Waals surface area (Å²) in [5.41, 5.74) is 0. The zero-order valence-electron chi connectivity index (χ0n) is 6.10. The fourth-order valence-electron chi connectivity index (χ4n) is 1.48. The Labute approximate surface area is 57.4 Å². The molecule has 0 saturated heterocycles. The van der Waals surface area contributed by atoms with Crippen LogP contribution in [-0.2, 0) is 4.74 Å². The van der Waals surface area contributed by atoms with Crippen LogP contribution in [0.5, 0.6) is 0 Å². The normalized spacial score (nSPS) is 36.7. The van der Waals surface area contributed by atoms with Crippen LogP contribution in [0.25, 0.3) is 0 Å². The second-order valence-corrected chi connectivity index (χ2v) is 2.82. The second kappa shape index (κ2) is 3.21. The van der Waals surface area contributed by atoms with E-state index in [0.717, 1.165) is 0 Å². The fourth-order valence-corrected chi connectivity index (χ4v) is 1.48. The van der Waals surface area contributed by atoms with Crippen molar-refractivity contribution in [2.45, 2.75) is 31.8 Å². The van der Waals surface area contributed by atoms with E-state index < -0.39 is 0 Å². The molecular weight excluding hydrogens is 112 g/mol. The molecule has 1 radical (unpaired) electrons. The summed E-state index contributed by atoms with van der Waals surface area (Å²) in [5.74, 6) is 0.545. The highest BCUT2D eigenvalue weighted by Gasteiger charge is 2.19. The molecule has 0 spiro atoms. The van der Waals surface area contributed by atoms with Crippen LogP contribution in [0.2, 0.25) is 0 Å². The highest BCUT2D eigenvalue weighted by Crippen LogP contribution is 2.24. The summed E-state index contributed by atoms with van der Waals surface area (Å²) in [7, 11) is 1.79. The molecule has 9 heavy (non-hydrogen) atoms. The van der Waals surface area contributed by atoms with Crippen molar-refractivity contribution in [3.05, 3.63) is 6.92 Å². The van der Waals surface area contributed by atoms with Gasteiger partial charge in [0.2, 0.25) is 0 Å². The Kier molecular flexibility index (Phi) is 2.52. The van der Waals surface area contributed by atoms with Crippen molar-refractivity contribution in [2.75, 3.05) is 7.11 Å². The first-order valence-corrected chi connectivity index (χ1v) is 3.70. The molecule has 1 nitrogen and oxygen atoms in total. The summed E-state index contributed by atoms with van der Waals surface area (Å²) in [6.07, 6.45) is 5.57. The maximum Gasteiger partial charge on any atom is 0.0599 e. The van der Waals surface area contributed by atoms with Crippen molar-refractivity contribution in [2.24, 2.45) is 5.92 Å². The Morgan fingerprint density at radius 2 is 2.00 bits per heavy atom. The minimum atomic E-state index is 0.443. The van der Waals surface area contributed by atoms with Gasteiger partial charge in [-0.2, -0.15) is 0 Å². The van der Waals surface area contributed by atoms with Crippen LogP contribution in [0, 0.1) is 12.8 Å². The lowest BCUT2D eigenvalue weighted by molar-refractivity contribution is 0.0405. The molecule has 0 aromatic rings. The molecule has 53 valence electrons. The third-order valence-corrected chi connectivity index (χ3v) is 2.14. The van der Waals surface area contributed by atoms with Crippen LogP contribution in [-0.4, -0.2) is 13.2 Å². The summed E-state index contributed by atoms with van der Waals surface area (Å²) >= 11 is 0. The lowest BCUT2D eigenvalue weighted by Gasteiger charge is -2.26. The molecule has 0 heterocycles. The first-order chi connectivity index (χ1) is 4.34. The van der Waals surface area contributed by atoms with Crippen LogP contribution >= 0.6 is 0 Å². The van der Waals surface area contributed by atoms with E-state index in [-0.39, 0.29) is 0 Å². The molecule has 2 atom stereocenters. The summed E-state index contributed by atoms with van der Waals surface area (Å²) in [4.78, 5) is 0. The van der Waals surface area contributed by atoms with Crippen molar-refractivity contribution in [1.82, 2.24) is 0 Å². The van der Waals surface area contributed by atoms with Crippen LogP contribution in [0.15, 0.2) is 0 Å². The topological polar surface area (TPSA) is 9.23 Å². The largest absolute Gasteiger partial charge is 0.381 e. The van der Waals surface area contributed by atoms with Gasteiger partial charge in [-0.05, 0) is 25.7 Å². The molecule has 1 saturated carbocycles. The van der Waals surface area contributed by atoms with Crippen molar-refractivity contribution >= 4 is 0 Å². The van der Waals surface area contributed by atoms with E-state index >= 15 is 0 Å². The molecule has 0 aromatic carbocycles. The number of methoxy groups -OCH3 is 1. The van der Waals surface area contributed by atoms with E-state index in [9.17, 15) is 0 Å². The van der Waals surface area contributed by atoms with Crippen molar-refractivity contribution in [1.29, 1.82) is 0 Å². The van der Waals surface area contributed by atoms with E-state index in [1.807, 2.05) is 0 Å². The van der Waals surface area contributed by atoms with Crippen LogP contribution in [0.4, 0.5) is 0 Å². The quantitative estimate of drug-likeness (QED) is 0.523. The third kappa shape index (κ3) is 1.68. The van der Waals surface area contributed by atoms with Gasteiger partial charge in [0.1, 0.15) is 0 Å². The average molecular weight is 127 g/mol. The molecule has 1 aliphatic rings. The van der Waals surface area contributed by atoms with Crippen molar-refractivity contribution < 1.29 is 4.74 Å². The van der Waals surface area contributed by atoms with Gasteiger partial charge >= 0.3 is 0 Å². The summed E-state index contributed by atoms with van der Waals surface area (Å²) in [5, 5.41) is 0. The van der Waals surface area contributed by atoms with Gasteiger partial charge in [-0.15, -0.1) is 0 Å². The van der Waals surface area contributed by atoms with Crippen molar-refractivity contribution in [3.63, 3.8) is 0 Å². The maximum absolute atomic E-state index is 5.24. The Hall–Kier alpha value is -0.0400. The molecular formula is C8H15O. The standard InChI is InChI=1S/C8H15O/c1-7-5-3-4-6-8(7)9-2/h7-8H,1,3-6H2,2H3. The van der Waals surface area contributed by atoms with Gasteiger partial charge in [0.15, 0.2) is 0 Å². The minimum Gasteiger partial charge on any atom is -0.381 e. The highest BCUT2D eigenvalue weighted by atomic mass is 16.5. The predicted molar refractivity (Wildman–Crippen MR) is 38.1 cm³/mol. The zero-order chi connectivity index (χ0) is 6.69. The third-order valence-electron chi connectivity index (χ3n) is 2.14. The highest BCUT2D eigenvalue weighted by molar-refractivity contribution is 4.76. The number of hydrogen-bond acceptors (Lipinski definition) is 1. The van der Waals surface area contributed by atoms with Crippen LogP contribution in [0.3, 0.4) is 0 Å². The van der Waals surface area contributed by atoms with Gasteiger partial charge in [-0.1, -0.05) is 12.8 Å². The first-order valence-electron chi connectivity index (χ1n) is 3.70. The van der Waals surface area contributed by atoms with Gasteiger partial charge in [0.25, 0.3) is 0 Å². The van der Waals surface area contributed by atoms with E-state index in [4.69, 9.17) is 4.74 Å². The molecule has 0 aliphatic heterocycles. The predicted octanol–water partition coefficient (Wildman–Crippen LogP) is 2.03. The van der Waals surface area contributed by atoms with Gasteiger partial charge in [-0.25, -0.2) is 0 Å². The zero-order valence-corrected chi connectivity index (χ0v) is 6.10. The lowest BCUT2D eigenvalue weighted by Crippen LogP contribution is -2.24. The molecule has 1 heteroatoms. The van der Waals surface area contributed by atoms with E-state index in [1.54, 1.807) is 7.11 Å². The number of ether oxygens (including phenoxy) is 1. The molecule has 0 amide bonds. The minimum absolute atomic E-state index is 0.443. The van der Waals surface area contributed by atoms with Gasteiger partial charge in [0, 0.05) is 7.11 Å². The lowest BCUT2D eigenvalue weighted by atomic mass is 9.88. The average Bonchev–Trinajstić information content (AvgIpc) is 1.89. The monoisotopic (exact) mass is 127 g/mol. The SMILES string of the molecule is [CH2]C1CCCCC1OC. The summed E-state index contributed by atoms with van der Waals surface area (Å²) in [6.45, 7) is 4.02. The molecule has 1 aliphatic carbocycles. The van der Waals surface area contributed by atoms with E-state index in [2.05, 4.69) is 6.92 Å². The summed E-state index contributed by atoms with van der Waals surface area (Å²) < 4.78 is 5.24. The van der Waals surface area contributed by atoms with Crippen molar-refractivity contribution in [3.8, 4) is 0 Å². The second-order valence-electron chi connectivity index (χ2n) is 2.82. The maximum atomic E-state index is 5.24. The molecule has 2 unspecified atom stereocenters. The Bertz CT molecular complexity index is 80.6. The fraction of sp³-hybridized carbons (Fsp3) is 0.875. The molecule has 1 fully saturated rings. The Morgan fingerprint density at radius 1 is 1.33 bits per heavy atom. The molecule has 1 rings (SSSR count). The van der Waals surface area contributed by atoms with Crippen LogP contribution in [0.1, 0.15) is 25.7 Å². The van der Waals surface area contributed by atoms with E-state index in [1.165, 1.54) is 25.7 Å². The van der Waals surface area contributed by atoms with Gasteiger partial charge in [-0.3, -0.25) is 0 Å². The first kappa shape index (κ1) is 7.07.